The number of nitrogens with one attached hydrogen (secondary N) is 2. The van der Waals surface area contributed by atoms with Gasteiger partial charge in [0.25, 0.3) is 0 Å². The van der Waals surface area contributed by atoms with Gasteiger partial charge in [-0.25, -0.2) is 9.78 Å². The highest BCUT2D eigenvalue weighted by Crippen LogP contribution is 2.21. The molecule has 7 heteroatoms. The molecule has 5 nitrogen and oxygen atoms in total. The third-order valence-electron chi connectivity index (χ3n) is 2.48. The number of hydrogen-bond acceptors (Lipinski definition) is 5. The zero-order chi connectivity index (χ0) is 16.2. The molecule has 0 spiro atoms. The number of pyridine rings is 1. The fraction of sp³-hybridized carbons (Fsp3) is 0.333. The molecule has 0 aliphatic heterocycles. The smallest absolute Gasteiger partial charge is 0.413 e. The van der Waals surface area contributed by atoms with E-state index < -0.39 is 11.7 Å². The second-order valence-electron chi connectivity index (χ2n) is 5.64. The number of nitrogens with zero attached hydrogens (tertiary/aromatic N) is 1. The fourth-order valence-electron chi connectivity index (χ4n) is 1.62. The van der Waals surface area contributed by atoms with E-state index in [0.717, 1.165) is 16.7 Å². The first kappa shape index (κ1) is 16.8. The van der Waals surface area contributed by atoms with Crippen molar-refractivity contribution in [3.63, 3.8) is 0 Å². The lowest BCUT2D eigenvalue weighted by atomic mass is 10.2. The molecular formula is C15H18BrN3O2S. The summed E-state index contributed by atoms with van der Waals surface area (Å²) in [5, 5.41) is 7.92. The van der Waals surface area contributed by atoms with Gasteiger partial charge >= 0.3 is 6.09 Å². The molecule has 118 valence electrons. The lowest BCUT2D eigenvalue weighted by Crippen LogP contribution is -2.27. The number of rotatable bonds is 4. The molecule has 0 saturated carbocycles. The summed E-state index contributed by atoms with van der Waals surface area (Å²) in [5.74, 6) is 0.457. The summed E-state index contributed by atoms with van der Waals surface area (Å²) in [4.78, 5) is 17.0. The number of aromatic nitrogens is 1. The van der Waals surface area contributed by atoms with Crippen molar-refractivity contribution in [1.29, 1.82) is 0 Å². The maximum Gasteiger partial charge on any atom is 0.413 e. The van der Waals surface area contributed by atoms with Crippen molar-refractivity contribution in [2.75, 3.05) is 10.6 Å². The molecule has 2 heterocycles. The predicted molar refractivity (Wildman–Crippen MR) is 93.4 cm³/mol. The molecule has 2 N–H and O–H groups in total. The van der Waals surface area contributed by atoms with Gasteiger partial charge in [0.1, 0.15) is 11.4 Å². The molecular weight excluding hydrogens is 366 g/mol. The van der Waals surface area contributed by atoms with E-state index in [1.54, 1.807) is 23.6 Å². The summed E-state index contributed by atoms with van der Waals surface area (Å²) in [6, 6.07) is 5.67. The molecule has 2 aromatic rings. The zero-order valence-corrected chi connectivity index (χ0v) is 15.0. The van der Waals surface area contributed by atoms with Crippen molar-refractivity contribution in [3.05, 3.63) is 39.1 Å². The van der Waals surface area contributed by atoms with E-state index in [0.29, 0.717) is 5.82 Å². The van der Waals surface area contributed by atoms with Gasteiger partial charge < -0.3 is 10.1 Å². The number of amides is 1. The normalized spacial score (nSPS) is 11.1. The number of halogens is 1. The quantitative estimate of drug-likeness (QED) is 0.790. The molecule has 0 radical (unpaired) electrons. The Balaban J connectivity index is 1.86. The van der Waals surface area contributed by atoms with Crippen LogP contribution in [0.25, 0.3) is 0 Å². The van der Waals surface area contributed by atoms with E-state index in [2.05, 4.69) is 37.6 Å². The van der Waals surface area contributed by atoms with Crippen LogP contribution in [0.2, 0.25) is 0 Å². The summed E-state index contributed by atoms with van der Waals surface area (Å²) in [6.07, 6.45) is 1.17. The van der Waals surface area contributed by atoms with Crippen LogP contribution in [0.3, 0.4) is 0 Å². The summed E-state index contributed by atoms with van der Waals surface area (Å²) in [5.41, 5.74) is 0.361. The number of ether oxygens (including phenoxy) is 1. The Morgan fingerprint density at radius 1 is 1.41 bits per heavy atom. The van der Waals surface area contributed by atoms with E-state index in [-0.39, 0.29) is 0 Å². The molecule has 1 amide bonds. The van der Waals surface area contributed by atoms with Crippen molar-refractivity contribution in [2.24, 2.45) is 0 Å². The molecule has 0 bridgehead atoms. The van der Waals surface area contributed by atoms with E-state index in [4.69, 9.17) is 4.74 Å². The molecule has 0 unspecified atom stereocenters. The Morgan fingerprint density at radius 2 is 2.18 bits per heavy atom. The van der Waals surface area contributed by atoms with Gasteiger partial charge in [-0.15, -0.1) is 11.3 Å². The van der Waals surface area contributed by atoms with Crippen molar-refractivity contribution < 1.29 is 9.53 Å². The molecule has 0 atom stereocenters. The van der Waals surface area contributed by atoms with Crippen LogP contribution in [0.1, 0.15) is 25.6 Å². The molecule has 2 aromatic heterocycles. The van der Waals surface area contributed by atoms with Crippen LogP contribution in [-0.4, -0.2) is 16.7 Å². The van der Waals surface area contributed by atoms with Gasteiger partial charge in [0.05, 0.1) is 11.9 Å². The number of carbonyl (C=O) groups excluding carboxylic acids is 1. The lowest BCUT2D eigenvalue weighted by Gasteiger charge is -2.19. The summed E-state index contributed by atoms with van der Waals surface area (Å²) >= 11 is 5.11. The fourth-order valence-corrected chi connectivity index (χ4v) is 3.01. The number of hydrogen-bond donors (Lipinski definition) is 2. The van der Waals surface area contributed by atoms with Crippen molar-refractivity contribution >= 4 is 44.9 Å². The minimum absolute atomic E-state index is 0.457. The SMILES string of the molecule is CC(C)(C)OC(=O)Nc1ccc(NCc2cc(Br)cs2)cn1. The van der Waals surface area contributed by atoms with Crippen molar-refractivity contribution in [3.8, 4) is 0 Å². The molecule has 0 saturated heterocycles. The molecule has 0 aliphatic rings. The van der Waals surface area contributed by atoms with Gasteiger partial charge in [0.15, 0.2) is 0 Å². The van der Waals surface area contributed by atoms with Crippen molar-refractivity contribution in [2.45, 2.75) is 32.9 Å². The average Bonchev–Trinajstić information content (AvgIpc) is 2.81. The van der Waals surface area contributed by atoms with E-state index in [9.17, 15) is 4.79 Å². The number of anilines is 2. The second kappa shape index (κ2) is 7.11. The molecule has 0 fully saturated rings. The van der Waals surface area contributed by atoms with Gasteiger partial charge in [0.2, 0.25) is 0 Å². The Hall–Kier alpha value is -1.60. The van der Waals surface area contributed by atoms with Crippen LogP contribution < -0.4 is 10.6 Å². The highest BCUT2D eigenvalue weighted by atomic mass is 79.9. The highest BCUT2D eigenvalue weighted by Gasteiger charge is 2.16. The zero-order valence-electron chi connectivity index (χ0n) is 12.6. The maximum atomic E-state index is 11.6. The van der Waals surface area contributed by atoms with Gasteiger partial charge in [0, 0.05) is 21.3 Å². The topological polar surface area (TPSA) is 63.2 Å². The van der Waals surface area contributed by atoms with Crippen LogP contribution >= 0.6 is 27.3 Å². The first-order valence-electron chi connectivity index (χ1n) is 6.75. The third kappa shape index (κ3) is 5.65. The molecule has 22 heavy (non-hydrogen) atoms. The highest BCUT2D eigenvalue weighted by molar-refractivity contribution is 9.10. The second-order valence-corrected chi connectivity index (χ2v) is 7.56. The summed E-state index contributed by atoms with van der Waals surface area (Å²) in [6.45, 7) is 6.18. The van der Waals surface area contributed by atoms with E-state index in [1.807, 2.05) is 32.2 Å². The summed E-state index contributed by atoms with van der Waals surface area (Å²) in [7, 11) is 0. The minimum atomic E-state index is -0.527. The monoisotopic (exact) mass is 383 g/mol. The predicted octanol–water partition coefficient (Wildman–Crippen LogP) is 4.86. The van der Waals surface area contributed by atoms with Crippen molar-refractivity contribution in [1.82, 2.24) is 4.98 Å². The first-order valence-corrected chi connectivity index (χ1v) is 8.42. The van der Waals surface area contributed by atoms with Crippen LogP contribution in [0.5, 0.6) is 0 Å². The molecule has 0 aliphatic carbocycles. The Morgan fingerprint density at radius 3 is 2.73 bits per heavy atom. The maximum absolute atomic E-state index is 11.6. The van der Waals surface area contributed by atoms with Crippen LogP contribution in [0.15, 0.2) is 34.2 Å². The molecule has 0 aromatic carbocycles. The van der Waals surface area contributed by atoms with E-state index in [1.165, 1.54) is 4.88 Å². The standard InChI is InChI=1S/C15H18BrN3O2S/c1-15(2,3)21-14(20)19-13-5-4-11(7-18-13)17-8-12-6-10(16)9-22-12/h4-7,9,17H,8H2,1-3H3,(H,18,19,20). The largest absolute Gasteiger partial charge is 0.444 e. The van der Waals surface area contributed by atoms with Gasteiger partial charge in [-0.05, 0) is 54.9 Å². The van der Waals surface area contributed by atoms with Crippen LogP contribution in [0, 0.1) is 0 Å². The average molecular weight is 384 g/mol. The Kier molecular flexibility index (Phi) is 5.42. The first-order chi connectivity index (χ1) is 10.3. The Bertz CT molecular complexity index is 635. The number of thiophene rings is 1. The minimum Gasteiger partial charge on any atom is -0.444 e. The van der Waals surface area contributed by atoms with Crippen LogP contribution in [0.4, 0.5) is 16.3 Å². The third-order valence-corrected chi connectivity index (χ3v) is 4.18. The Labute approximate surface area is 142 Å². The van der Waals surface area contributed by atoms with Gasteiger partial charge in [-0.3, -0.25) is 5.32 Å². The molecule has 2 rings (SSSR count). The van der Waals surface area contributed by atoms with Gasteiger partial charge in [-0.1, -0.05) is 0 Å². The number of carbonyl (C=O) groups is 1. The summed E-state index contributed by atoms with van der Waals surface area (Å²) < 4.78 is 6.26. The van der Waals surface area contributed by atoms with Gasteiger partial charge in [-0.2, -0.15) is 0 Å². The van der Waals surface area contributed by atoms with E-state index >= 15 is 0 Å². The van der Waals surface area contributed by atoms with Crippen LogP contribution in [-0.2, 0) is 11.3 Å². The lowest BCUT2D eigenvalue weighted by molar-refractivity contribution is 0.0635.